The maximum Gasteiger partial charge on any atom is 0.265 e. The van der Waals surface area contributed by atoms with Gasteiger partial charge in [0, 0.05) is 35.9 Å². The van der Waals surface area contributed by atoms with E-state index in [9.17, 15) is 4.79 Å². The Morgan fingerprint density at radius 2 is 2.14 bits per heavy atom. The lowest BCUT2D eigenvalue weighted by Crippen LogP contribution is -2.17. The number of thiophene rings is 1. The van der Waals surface area contributed by atoms with Gasteiger partial charge in [-0.15, -0.1) is 11.3 Å². The van der Waals surface area contributed by atoms with Gasteiger partial charge in [-0.05, 0) is 49.8 Å². The average molecular weight is 313 g/mol. The predicted octanol–water partition coefficient (Wildman–Crippen LogP) is 3.52. The summed E-state index contributed by atoms with van der Waals surface area (Å²) in [6, 6.07) is 11.8. The molecule has 3 rings (SSSR count). The van der Waals surface area contributed by atoms with Crippen molar-refractivity contribution >= 4 is 33.8 Å². The zero-order chi connectivity index (χ0) is 15.5. The Morgan fingerprint density at radius 1 is 1.27 bits per heavy atom. The third kappa shape index (κ3) is 3.21. The highest BCUT2D eigenvalue weighted by Gasteiger charge is 2.08. The molecule has 0 aliphatic rings. The lowest BCUT2D eigenvalue weighted by atomic mass is 10.2. The van der Waals surface area contributed by atoms with Gasteiger partial charge in [-0.2, -0.15) is 0 Å². The monoisotopic (exact) mass is 313 g/mol. The maximum absolute atomic E-state index is 12.1. The van der Waals surface area contributed by atoms with Crippen LogP contribution >= 0.6 is 11.3 Å². The minimum atomic E-state index is -0.0543. The van der Waals surface area contributed by atoms with Gasteiger partial charge in [-0.25, -0.2) is 0 Å². The van der Waals surface area contributed by atoms with Crippen molar-refractivity contribution in [1.29, 1.82) is 0 Å². The number of anilines is 1. The first-order valence-electron chi connectivity index (χ1n) is 7.22. The van der Waals surface area contributed by atoms with Crippen molar-refractivity contribution in [2.24, 2.45) is 0 Å². The number of benzene rings is 1. The number of nitrogens with one attached hydrogen (secondary N) is 1. The number of hydrogen-bond donors (Lipinski definition) is 1. The van der Waals surface area contributed by atoms with Crippen molar-refractivity contribution in [2.75, 3.05) is 26.0 Å². The third-order valence-corrected chi connectivity index (χ3v) is 4.43. The molecule has 2 aromatic heterocycles. The number of aromatic nitrogens is 1. The summed E-state index contributed by atoms with van der Waals surface area (Å²) in [6.07, 6.45) is 2.10. The van der Waals surface area contributed by atoms with E-state index < -0.39 is 0 Å². The van der Waals surface area contributed by atoms with E-state index in [1.54, 1.807) is 0 Å². The van der Waals surface area contributed by atoms with Crippen LogP contribution in [-0.4, -0.2) is 36.0 Å². The first-order chi connectivity index (χ1) is 10.6. The molecule has 1 N–H and O–H groups in total. The highest BCUT2D eigenvalue weighted by Crippen LogP contribution is 2.21. The molecule has 1 aromatic carbocycles. The second-order valence-corrected chi connectivity index (χ2v) is 6.47. The Kier molecular flexibility index (Phi) is 4.27. The zero-order valence-electron chi connectivity index (χ0n) is 12.7. The van der Waals surface area contributed by atoms with E-state index in [4.69, 9.17) is 0 Å². The molecular weight excluding hydrogens is 294 g/mol. The van der Waals surface area contributed by atoms with Crippen molar-refractivity contribution in [2.45, 2.75) is 6.54 Å². The summed E-state index contributed by atoms with van der Waals surface area (Å²) in [4.78, 5) is 15.0. The molecule has 0 spiro atoms. The molecule has 1 amide bonds. The Hall–Kier alpha value is -2.11. The minimum Gasteiger partial charge on any atom is -0.346 e. The number of rotatable bonds is 5. The number of carbonyl (C=O) groups excluding carboxylic acids is 1. The van der Waals surface area contributed by atoms with Gasteiger partial charge in [0.25, 0.3) is 5.91 Å². The van der Waals surface area contributed by atoms with Crippen LogP contribution in [0.15, 0.2) is 48.0 Å². The molecule has 0 radical (unpaired) electrons. The molecule has 2 heterocycles. The summed E-state index contributed by atoms with van der Waals surface area (Å²) < 4.78 is 2.24. The van der Waals surface area contributed by atoms with Crippen LogP contribution in [0.2, 0.25) is 0 Å². The Balaban J connectivity index is 1.77. The molecule has 0 saturated carbocycles. The van der Waals surface area contributed by atoms with E-state index in [1.165, 1.54) is 16.9 Å². The Bertz CT molecular complexity index is 774. The lowest BCUT2D eigenvalue weighted by Gasteiger charge is -2.11. The quantitative estimate of drug-likeness (QED) is 0.782. The summed E-state index contributed by atoms with van der Waals surface area (Å²) in [5.74, 6) is -0.0543. The molecule has 114 valence electrons. The van der Waals surface area contributed by atoms with Crippen molar-refractivity contribution in [3.8, 4) is 0 Å². The molecule has 0 unspecified atom stereocenters. The molecule has 0 aliphatic heterocycles. The Labute approximate surface area is 134 Å². The maximum atomic E-state index is 12.1. The number of likely N-dealkylation sites (N-methyl/N-ethyl adjacent to an activating group) is 1. The van der Waals surface area contributed by atoms with Gasteiger partial charge in [0.2, 0.25) is 0 Å². The normalized spacial score (nSPS) is 11.2. The minimum absolute atomic E-state index is 0.0543. The van der Waals surface area contributed by atoms with Crippen molar-refractivity contribution < 1.29 is 4.79 Å². The second kappa shape index (κ2) is 6.34. The van der Waals surface area contributed by atoms with Gasteiger partial charge >= 0.3 is 0 Å². The van der Waals surface area contributed by atoms with Gasteiger partial charge in [0.1, 0.15) is 0 Å². The van der Waals surface area contributed by atoms with Crippen LogP contribution < -0.4 is 5.32 Å². The smallest absolute Gasteiger partial charge is 0.265 e. The van der Waals surface area contributed by atoms with Crippen molar-refractivity contribution in [1.82, 2.24) is 9.47 Å². The van der Waals surface area contributed by atoms with Crippen LogP contribution in [0.1, 0.15) is 9.67 Å². The van der Waals surface area contributed by atoms with E-state index in [-0.39, 0.29) is 5.91 Å². The molecule has 3 aromatic rings. The lowest BCUT2D eigenvalue weighted by molar-refractivity contribution is 0.103. The van der Waals surface area contributed by atoms with Crippen LogP contribution in [0.3, 0.4) is 0 Å². The van der Waals surface area contributed by atoms with Crippen molar-refractivity contribution in [3.05, 3.63) is 52.9 Å². The van der Waals surface area contributed by atoms with Gasteiger partial charge in [-0.3, -0.25) is 4.79 Å². The molecule has 4 nitrogen and oxygen atoms in total. The topological polar surface area (TPSA) is 37.3 Å². The molecule has 22 heavy (non-hydrogen) atoms. The predicted molar refractivity (Wildman–Crippen MR) is 92.8 cm³/mol. The van der Waals surface area contributed by atoms with E-state index in [1.807, 2.05) is 29.6 Å². The zero-order valence-corrected chi connectivity index (χ0v) is 13.6. The molecule has 0 bridgehead atoms. The molecule has 5 heteroatoms. The van der Waals surface area contributed by atoms with Crippen LogP contribution in [0, 0.1) is 0 Å². The SMILES string of the molecule is CN(C)CCn1ccc2cc(NC(=O)c3cccs3)ccc21. The number of hydrogen-bond acceptors (Lipinski definition) is 3. The summed E-state index contributed by atoms with van der Waals surface area (Å²) in [7, 11) is 4.15. The number of nitrogens with zero attached hydrogens (tertiary/aromatic N) is 2. The van der Waals surface area contributed by atoms with Crippen LogP contribution in [0.5, 0.6) is 0 Å². The van der Waals surface area contributed by atoms with E-state index in [0.29, 0.717) is 0 Å². The molecular formula is C17H19N3OS. The molecule has 0 aliphatic carbocycles. The molecule has 0 atom stereocenters. The van der Waals surface area contributed by atoms with E-state index in [2.05, 4.69) is 47.2 Å². The third-order valence-electron chi connectivity index (χ3n) is 3.56. The van der Waals surface area contributed by atoms with Crippen LogP contribution in [0.4, 0.5) is 5.69 Å². The van der Waals surface area contributed by atoms with Gasteiger partial charge < -0.3 is 14.8 Å². The summed E-state index contributed by atoms with van der Waals surface area (Å²) in [5.41, 5.74) is 2.02. The highest BCUT2D eigenvalue weighted by molar-refractivity contribution is 7.12. The van der Waals surface area contributed by atoms with Crippen LogP contribution in [0.25, 0.3) is 10.9 Å². The first-order valence-corrected chi connectivity index (χ1v) is 8.10. The van der Waals surface area contributed by atoms with Gasteiger partial charge in [-0.1, -0.05) is 6.07 Å². The fourth-order valence-electron chi connectivity index (χ4n) is 2.38. The largest absolute Gasteiger partial charge is 0.346 e. The van der Waals surface area contributed by atoms with Gasteiger partial charge in [0.05, 0.1) is 4.88 Å². The molecule has 0 saturated heterocycles. The number of carbonyl (C=O) groups is 1. The highest BCUT2D eigenvalue weighted by atomic mass is 32.1. The second-order valence-electron chi connectivity index (χ2n) is 5.52. The standard InChI is InChI=1S/C17H19N3OS/c1-19(2)9-10-20-8-7-13-12-14(5-6-15(13)20)18-17(21)16-4-3-11-22-16/h3-8,11-12H,9-10H2,1-2H3,(H,18,21). The van der Waals surface area contributed by atoms with Crippen molar-refractivity contribution in [3.63, 3.8) is 0 Å². The number of fused-ring (bicyclic) bond motifs is 1. The summed E-state index contributed by atoms with van der Waals surface area (Å²) in [5, 5.41) is 6.00. The van der Waals surface area contributed by atoms with E-state index in [0.717, 1.165) is 29.0 Å². The first kappa shape index (κ1) is 14.8. The van der Waals surface area contributed by atoms with Gasteiger partial charge in [0.15, 0.2) is 0 Å². The summed E-state index contributed by atoms with van der Waals surface area (Å²) in [6.45, 7) is 1.96. The average Bonchev–Trinajstić information content (AvgIpc) is 3.14. The Morgan fingerprint density at radius 3 is 2.86 bits per heavy atom. The fourth-order valence-corrected chi connectivity index (χ4v) is 3.00. The number of amides is 1. The fraction of sp³-hybridized carbons (Fsp3) is 0.235. The van der Waals surface area contributed by atoms with Crippen LogP contribution in [-0.2, 0) is 6.54 Å². The summed E-state index contributed by atoms with van der Waals surface area (Å²) >= 11 is 1.45. The van der Waals surface area contributed by atoms with E-state index >= 15 is 0 Å². The molecule has 0 fully saturated rings.